The summed E-state index contributed by atoms with van der Waals surface area (Å²) < 4.78 is 4.85. The lowest BCUT2D eigenvalue weighted by atomic mass is 9.86. The first-order valence-electron chi connectivity index (χ1n) is 7.18. The largest absolute Gasteiger partial charge is 0.451 e. The second-order valence-electron chi connectivity index (χ2n) is 6.20. The molecule has 1 aromatic heterocycles. The highest BCUT2D eigenvalue weighted by Crippen LogP contribution is 2.22. The van der Waals surface area contributed by atoms with Crippen LogP contribution in [-0.2, 0) is 23.2 Å². The molecule has 1 amide bonds. The summed E-state index contributed by atoms with van der Waals surface area (Å²) in [5.41, 5.74) is 3.38. The maximum absolute atomic E-state index is 11.8. The number of aryl methyl sites for hydroxylation is 1. The zero-order valence-electron chi connectivity index (χ0n) is 12.8. The average molecular weight is 286 g/mol. The molecule has 1 heterocycles. The smallest absolute Gasteiger partial charge is 0.220 e. The fraction of sp³-hybridized carbons (Fsp3) is 0.412. The van der Waals surface area contributed by atoms with Gasteiger partial charge in [-0.1, -0.05) is 45.0 Å². The van der Waals surface area contributed by atoms with E-state index in [2.05, 4.69) is 55.3 Å². The van der Waals surface area contributed by atoms with Crippen LogP contribution in [0.1, 0.15) is 44.0 Å². The van der Waals surface area contributed by atoms with Crippen molar-refractivity contribution in [3.63, 3.8) is 0 Å². The molecule has 0 atom stereocenters. The van der Waals surface area contributed by atoms with Gasteiger partial charge in [-0.3, -0.25) is 4.79 Å². The molecule has 4 nitrogen and oxygen atoms in total. The Morgan fingerprint density at radius 3 is 2.52 bits per heavy atom. The zero-order chi connectivity index (χ0) is 15.3. The number of oxazole rings is 1. The van der Waals surface area contributed by atoms with E-state index in [1.165, 1.54) is 23.8 Å². The van der Waals surface area contributed by atoms with Gasteiger partial charge in [0.25, 0.3) is 0 Å². The molecule has 0 radical (unpaired) electrons. The quantitative estimate of drug-likeness (QED) is 0.918. The zero-order valence-corrected chi connectivity index (χ0v) is 12.8. The van der Waals surface area contributed by atoms with Gasteiger partial charge in [-0.05, 0) is 23.0 Å². The van der Waals surface area contributed by atoms with Crippen LogP contribution in [0.2, 0.25) is 0 Å². The number of amides is 1. The molecule has 0 unspecified atom stereocenters. The third-order valence-corrected chi connectivity index (χ3v) is 3.41. The number of hydrogen-bond donors (Lipinski definition) is 1. The molecule has 0 aliphatic heterocycles. The van der Waals surface area contributed by atoms with Crippen LogP contribution in [0.25, 0.3) is 0 Å². The molecular formula is C17H22N2O2. The highest BCUT2D eigenvalue weighted by Gasteiger charge is 2.13. The van der Waals surface area contributed by atoms with E-state index in [1.807, 2.05) is 0 Å². The highest BCUT2D eigenvalue weighted by atomic mass is 16.3. The molecule has 21 heavy (non-hydrogen) atoms. The summed E-state index contributed by atoms with van der Waals surface area (Å²) in [5.74, 6) is 0.0258. The van der Waals surface area contributed by atoms with Gasteiger partial charge in [-0.25, -0.2) is 4.98 Å². The summed E-state index contributed by atoms with van der Waals surface area (Å²) in [6.45, 7) is 7.00. The average Bonchev–Trinajstić information content (AvgIpc) is 2.95. The Hall–Kier alpha value is -2.10. The monoisotopic (exact) mass is 286 g/mol. The summed E-state index contributed by atoms with van der Waals surface area (Å²) >= 11 is 0. The number of carbonyl (C=O) groups excluding carboxylic acids is 1. The van der Waals surface area contributed by atoms with Crippen LogP contribution >= 0.6 is 0 Å². The maximum Gasteiger partial charge on any atom is 0.220 e. The summed E-state index contributed by atoms with van der Waals surface area (Å²) in [6, 6.07) is 8.49. The van der Waals surface area contributed by atoms with Crippen LogP contribution in [0.15, 0.2) is 41.3 Å². The van der Waals surface area contributed by atoms with E-state index < -0.39 is 0 Å². The summed E-state index contributed by atoms with van der Waals surface area (Å²) in [6.07, 6.45) is 4.12. The molecule has 0 aliphatic carbocycles. The second-order valence-corrected chi connectivity index (χ2v) is 6.20. The van der Waals surface area contributed by atoms with Crippen LogP contribution in [0.3, 0.4) is 0 Å². The Kier molecular flexibility index (Phi) is 4.78. The summed E-state index contributed by atoms with van der Waals surface area (Å²) in [7, 11) is 0. The fourth-order valence-corrected chi connectivity index (χ4v) is 2.03. The van der Waals surface area contributed by atoms with E-state index in [1.54, 1.807) is 0 Å². The molecule has 112 valence electrons. The molecular weight excluding hydrogens is 264 g/mol. The first kappa shape index (κ1) is 15.3. The molecule has 4 heteroatoms. The van der Waals surface area contributed by atoms with Crippen molar-refractivity contribution in [2.24, 2.45) is 0 Å². The molecule has 0 saturated carbocycles. The third-order valence-electron chi connectivity index (χ3n) is 3.41. The van der Waals surface area contributed by atoms with Gasteiger partial charge in [0, 0.05) is 6.42 Å². The minimum atomic E-state index is 0.0258. The molecule has 0 bridgehead atoms. The lowest BCUT2D eigenvalue weighted by Crippen LogP contribution is -2.23. The molecule has 1 aromatic carbocycles. The van der Waals surface area contributed by atoms with Gasteiger partial charge >= 0.3 is 0 Å². The summed E-state index contributed by atoms with van der Waals surface area (Å²) in [5, 5.41) is 2.83. The lowest BCUT2D eigenvalue weighted by molar-refractivity contribution is -0.121. The van der Waals surface area contributed by atoms with E-state index in [0.717, 1.165) is 12.1 Å². The van der Waals surface area contributed by atoms with Crippen LogP contribution in [0.5, 0.6) is 0 Å². The number of aromatic nitrogens is 1. The molecule has 1 N–H and O–H groups in total. The van der Waals surface area contributed by atoms with Crippen molar-refractivity contribution in [1.82, 2.24) is 10.3 Å². The lowest BCUT2D eigenvalue weighted by Gasteiger charge is -2.19. The van der Waals surface area contributed by atoms with Crippen molar-refractivity contribution in [1.29, 1.82) is 0 Å². The van der Waals surface area contributed by atoms with Crippen molar-refractivity contribution >= 4 is 5.91 Å². The standard InChI is InChI=1S/C17H22N2O2/c1-17(2,3)14-7-4-13(5-8-14)6-9-16(20)18-10-15-11-21-12-19-15/h4-5,7-8,11-12H,6,9-10H2,1-3H3,(H,18,20). The Labute approximate surface area is 125 Å². The molecule has 0 spiro atoms. The van der Waals surface area contributed by atoms with Crippen LogP contribution in [-0.4, -0.2) is 10.9 Å². The normalized spacial score (nSPS) is 11.4. The number of rotatable bonds is 5. The van der Waals surface area contributed by atoms with E-state index in [0.29, 0.717) is 13.0 Å². The first-order chi connectivity index (χ1) is 9.95. The van der Waals surface area contributed by atoms with Gasteiger partial charge in [0.05, 0.1) is 12.2 Å². The highest BCUT2D eigenvalue weighted by molar-refractivity contribution is 5.76. The Morgan fingerprint density at radius 1 is 1.24 bits per heavy atom. The van der Waals surface area contributed by atoms with E-state index in [9.17, 15) is 4.79 Å². The van der Waals surface area contributed by atoms with Crippen LogP contribution in [0, 0.1) is 0 Å². The van der Waals surface area contributed by atoms with Crippen molar-refractivity contribution in [2.45, 2.75) is 45.6 Å². The van der Waals surface area contributed by atoms with Gasteiger partial charge in [-0.15, -0.1) is 0 Å². The van der Waals surface area contributed by atoms with Gasteiger partial charge in [0.2, 0.25) is 5.91 Å². The van der Waals surface area contributed by atoms with Crippen molar-refractivity contribution < 1.29 is 9.21 Å². The Bertz CT molecular complexity index is 566. The van der Waals surface area contributed by atoms with Gasteiger partial charge < -0.3 is 9.73 Å². The van der Waals surface area contributed by atoms with E-state index in [4.69, 9.17) is 4.42 Å². The number of carbonyl (C=O) groups is 1. The Morgan fingerprint density at radius 2 is 1.95 bits per heavy atom. The predicted molar refractivity (Wildman–Crippen MR) is 81.8 cm³/mol. The number of benzene rings is 1. The Balaban J connectivity index is 1.78. The van der Waals surface area contributed by atoms with Crippen LogP contribution in [0.4, 0.5) is 0 Å². The molecule has 2 aromatic rings. The summed E-state index contributed by atoms with van der Waals surface area (Å²) in [4.78, 5) is 15.7. The SMILES string of the molecule is CC(C)(C)c1ccc(CCC(=O)NCc2cocn2)cc1. The molecule has 2 rings (SSSR count). The van der Waals surface area contributed by atoms with E-state index in [-0.39, 0.29) is 11.3 Å². The minimum absolute atomic E-state index is 0.0258. The fourth-order valence-electron chi connectivity index (χ4n) is 2.03. The van der Waals surface area contributed by atoms with Gasteiger partial charge in [0.15, 0.2) is 6.39 Å². The number of nitrogens with zero attached hydrogens (tertiary/aromatic N) is 1. The third kappa shape index (κ3) is 4.74. The van der Waals surface area contributed by atoms with Gasteiger partial charge in [-0.2, -0.15) is 0 Å². The molecule has 0 aliphatic rings. The maximum atomic E-state index is 11.8. The van der Waals surface area contributed by atoms with Crippen molar-refractivity contribution in [3.8, 4) is 0 Å². The topological polar surface area (TPSA) is 55.1 Å². The van der Waals surface area contributed by atoms with Crippen molar-refractivity contribution in [3.05, 3.63) is 53.7 Å². The number of nitrogens with one attached hydrogen (secondary N) is 1. The van der Waals surface area contributed by atoms with E-state index >= 15 is 0 Å². The predicted octanol–water partition coefficient (Wildman–Crippen LogP) is 3.22. The number of hydrogen-bond acceptors (Lipinski definition) is 3. The molecule has 0 fully saturated rings. The van der Waals surface area contributed by atoms with Crippen molar-refractivity contribution in [2.75, 3.05) is 0 Å². The minimum Gasteiger partial charge on any atom is -0.451 e. The second kappa shape index (κ2) is 6.57. The van der Waals surface area contributed by atoms with Crippen LogP contribution < -0.4 is 5.32 Å². The van der Waals surface area contributed by atoms with Gasteiger partial charge in [0.1, 0.15) is 6.26 Å². The first-order valence-corrected chi connectivity index (χ1v) is 7.18. The molecule has 0 saturated heterocycles.